The second kappa shape index (κ2) is 8.19. The first-order valence-corrected chi connectivity index (χ1v) is 9.70. The SMILES string of the molecule is CCc1oc2ccccc2c1/C=C/C(=O)Nc1ccc(Cn2ccnc2C)cc1. The number of aryl methyl sites for hydroxylation is 2. The molecular formula is C24H23N3O2. The number of rotatable bonds is 6. The van der Waals surface area contributed by atoms with Crippen LogP contribution in [-0.4, -0.2) is 15.5 Å². The summed E-state index contributed by atoms with van der Waals surface area (Å²) in [7, 11) is 0. The Morgan fingerprint density at radius 3 is 2.69 bits per heavy atom. The van der Waals surface area contributed by atoms with Crippen molar-refractivity contribution in [2.75, 3.05) is 5.32 Å². The number of nitrogens with zero attached hydrogens (tertiary/aromatic N) is 2. The second-order valence-electron chi connectivity index (χ2n) is 6.91. The average Bonchev–Trinajstić information content (AvgIpc) is 3.30. The molecular weight excluding hydrogens is 362 g/mol. The van der Waals surface area contributed by atoms with Gasteiger partial charge < -0.3 is 14.3 Å². The van der Waals surface area contributed by atoms with Gasteiger partial charge in [0.05, 0.1) is 0 Å². The van der Waals surface area contributed by atoms with Crippen molar-refractivity contribution >= 4 is 28.6 Å². The molecule has 4 rings (SSSR count). The summed E-state index contributed by atoms with van der Waals surface area (Å²) in [6.45, 7) is 4.78. The van der Waals surface area contributed by atoms with E-state index in [4.69, 9.17) is 4.42 Å². The smallest absolute Gasteiger partial charge is 0.248 e. The van der Waals surface area contributed by atoms with E-state index in [0.717, 1.165) is 52.3 Å². The molecule has 0 unspecified atom stereocenters. The largest absolute Gasteiger partial charge is 0.460 e. The number of amides is 1. The topological polar surface area (TPSA) is 60.1 Å². The summed E-state index contributed by atoms with van der Waals surface area (Å²) >= 11 is 0. The predicted octanol–water partition coefficient (Wildman–Crippen LogP) is 5.20. The van der Waals surface area contributed by atoms with Gasteiger partial charge in [0.15, 0.2) is 0 Å². The van der Waals surface area contributed by atoms with Crippen LogP contribution < -0.4 is 5.32 Å². The van der Waals surface area contributed by atoms with E-state index in [1.54, 1.807) is 12.3 Å². The minimum atomic E-state index is -0.171. The zero-order valence-electron chi connectivity index (χ0n) is 16.6. The molecule has 4 aromatic rings. The van der Waals surface area contributed by atoms with Crippen LogP contribution in [0.5, 0.6) is 0 Å². The van der Waals surface area contributed by atoms with Crippen LogP contribution in [0, 0.1) is 6.92 Å². The van der Waals surface area contributed by atoms with Crippen LogP contribution in [0.25, 0.3) is 17.0 Å². The summed E-state index contributed by atoms with van der Waals surface area (Å²) < 4.78 is 7.95. The van der Waals surface area contributed by atoms with E-state index in [1.807, 2.05) is 74.7 Å². The van der Waals surface area contributed by atoms with Gasteiger partial charge >= 0.3 is 0 Å². The zero-order valence-corrected chi connectivity index (χ0v) is 16.6. The maximum absolute atomic E-state index is 12.4. The molecule has 0 saturated heterocycles. The molecule has 1 amide bonds. The molecule has 0 aliphatic carbocycles. The predicted molar refractivity (Wildman–Crippen MR) is 116 cm³/mol. The Hall–Kier alpha value is -3.60. The highest BCUT2D eigenvalue weighted by Gasteiger charge is 2.10. The van der Waals surface area contributed by atoms with Crippen LogP contribution in [0.3, 0.4) is 0 Å². The monoisotopic (exact) mass is 385 g/mol. The van der Waals surface area contributed by atoms with E-state index in [1.165, 1.54) is 0 Å². The van der Waals surface area contributed by atoms with E-state index in [9.17, 15) is 4.79 Å². The third-order valence-electron chi connectivity index (χ3n) is 4.93. The number of fused-ring (bicyclic) bond motifs is 1. The first-order chi connectivity index (χ1) is 14.1. The van der Waals surface area contributed by atoms with Crippen molar-refractivity contribution in [2.45, 2.75) is 26.8 Å². The van der Waals surface area contributed by atoms with E-state index in [0.29, 0.717) is 0 Å². The Morgan fingerprint density at radius 2 is 1.97 bits per heavy atom. The number of carbonyl (C=O) groups excluding carboxylic acids is 1. The molecule has 0 aliphatic heterocycles. The molecule has 5 heteroatoms. The third-order valence-corrected chi connectivity index (χ3v) is 4.93. The van der Waals surface area contributed by atoms with E-state index in [2.05, 4.69) is 14.9 Å². The molecule has 0 saturated carbocycles. The van der Waals surface area contributed by atoms with Crippen LogP contribution in [0.4, 0.5) is 5.69 Å². The number of para-hydroxylation sites is 1. The molecule has 0 spiro atoms. The van der Waals surface area contributed by atoms with Crippen molar-refractivity contribution in [3.8, 4) is 0 Å². The number of benzene rings is 2. The first-order valence-electron chi connectivity index (χ1n) is 9.70. The Kier molecular flexibility index (Phi) is 5.29. The van der Waals surface area contributed by atoms with Crippen LogP contribution >= 0.6 is 0 Å². The summed E-state index contributed by atoms with van der Waals surface area (Å²) in [5.41, 5.74) is 3.72. The van der Waals surface area contributed by atoms with E-state index >= 15 is 0 Å². The van der Waals surface area contributed by atoms with Gasteiger partial charge in [0.1, 0.15) is 17.2 Å². The van der Waals surface area contributed by atoms with Crippen LogP contribution in [0.2, 0.25) is 0 Å². The lowest BCUT2D eigenvalue weighted by atomic mass is 10.1. The van der Waals surface area contributed by atoms with Crippen LogP contribution in [0.15, 0.2) is 71.4 Å². The standard InChI is InChI=1S/C24H23N3O2/c1-3-22-21(20-6-4-5-7-23(20)29-22)12-13-24(28)26-19-10-8-18(9-11-19)16-27-15-14-25-17(27)2/h4-15H,3,16H2,1-2H3,(H,26,28)/b13-12+. The molecule has 5 nitrogen and oxygen atoms in total. The van der Waals surface area contributed by atoms with Gasteiger partial charge in [-0.05, 0) is 36.8 Å². The van der Waals surface area contributed by atoms with Crippen molar-refractivity contribution in [1.82, 2.24) is 9.55 Å². The van der Waals surface area contributed by atoms with Gasteiger partial charge in [0.2, 0.25) is 5.91 Å². The maximum atomic E-state index is 12.4. The Balaban J connectivity index is 1.44. The fourth-order valence-corrected chi connectivity index (χ4v) is 3.37. The molecule has 0 atom stereocenters. The van der Waals surface area contributed by atoms with Crippen LogP contribution in [0.1, 0.15) is 29.6 Å². The molecule has 0 bridgehead atoms. The molecule has 146 valence electrons. The minimum Gasteiger partial charge on any atom is -0.460 e. The summed E-state index contributed by atoms with van der Waals surface area (Å²) in [5, 5.41) is 3.93. The van der Waals surface area contributed by atoms with Crippen molar-refractivity contribution in [3.63, 3.8) is 0 Å². The van der Waals surface area contributed by atoms with Crippen molar-refractivity contribution < 1.29 is 9.21 Å². The lowest BCUT2D eigenvalue weighted by molar-refractivity contribution is -0.111. The molecule has 2 aromatic carbocycles. The van der Waals surface area contributed by atoms with Gasteiger partial charge in [0, 0.05) is 48.1 Å². The number of aromatic nitrogens is 2. The van der Waals surface area contributed by atoms with E-state index in [-0.39, 0.29) is 5.91 Å². The molecule has 0 radical (unpaired) electrons. The lowest BCUT2D eigenvalue weighted by Crippen LogP contribution is -2.08. The Bertz CT molecular complexity index is 1170. The normalized spacial score (nSPS) is 11.4. The molecule has 2 aromatic heterocycles. The second-order valence-corrected chi connectivity index (χ2v) is 6.91. The number of furan rings is 1. The van der Waals surface area contributed by atoms with Crippen molar-refractivity contribution in [1.29, 1.82) is 0 Å². The summed E-state index contributed by atoms with van der Waals surface area (Å²) in [6, 6.07) is 15.7. The highest BCUT2D eigenvalue weighted by Crippen LogP contribution is 2.27. The van der Waals surface area contributed by atoms with Crippen LogP contribution in [-0.2, 0) is 17.8 Å². The fourth-order valence-electron chi connectivity index (χ4n) is 3.37. The molecule has 0 fully saturated rings. The number of anilines is 1. The van der Waals surface area contributed by atoms with Gasteiger partial charge in [0.25, 0.3) is 0 Å². The number of carbonyl (C=O) groups is 1. The summed E-state index contributed by atoms with van der Waals surface area (Å²) in [5.74, 6) is 1.69. The van der Waals surface area contributed by atoms with Crippen molar-refractivity contribution in [2.24, 2.45) is 0 Å². The Morgan fingerprint density at radius 1 is 1.17 bits per heavy atom. The number of hydrogen-bond donors (Lipinski definition) is 1. The molecule has 2 heterocycles. The maximum Gasteiger partial charge on any atom is 0.248 e. The summed E-state index contributed by atoms with van der Waals surface area (Å²) in [6.07, 6.45) is 7.91. The van der Waals surface area contributed by atoms with Gasteiger partial charge in [-0.3, -0.25) is 4.79 Å². The number of imidazole rings is 1. The first kappa shape index (κ1) is 18.7. The number of nitrogens with one attached hydrogen (secondary N) is 1. The highest BCUT2D eigenvalue weighted by molar-refractivity contribution is 6.03. The van der Waals surface area contributed by atoms with Gasteiger partial charge in [-0.15, -0.1) is 0 Å². The highest BCUT2D eigenvalue weighted by atomic mass is 16.3. The van der Waals surface area contributed by atoms with Gasteiger partial charge in [-0.2, -0.15) is 0 Å². The number of hydrogen-bond acceptors (Lipinski definition) is 3. The zero-order chi connectivity index (χ0) is 20.2. The lowest BCUT2D eigenvalue weighted by Gasteiger charge is -2.07. The third kappa shape index (κ3) is 4.14. The van der Waals surface area contributed by atoms with E-state index < -0.39 is 0 Å². The Labute approximate surface area is 169 Å². The van der Waals surface area contributed by atoms with Gasteiger partial charge in [-0.1, -0.05) is 37.3 Å². The fraction of sp³-hybridized carbons (Fsp3) is 0.167. The average molecular weight is 385 g/mol. The quantitative estimate of drug-likeness (QED) is 0.464. The van der Waals surface area contributed by atoms with Crippen molar-refractivity contribution in [3.05, 3.63) is 89.7 Å². The molecule has 29 heavy (non-hydrogen) atoms. The minimum absolute atomic E-state index is 0.171. The molecule has 1 N–H and O–H groups in total. The molecule has 0 aliphatic rings. The van der Waals surface area contributed by atoms with Gasteiger partial charge in [-0.25, -0.2) is 4.98 Å². The summed E-state index contributed by atoms with van der Waals surface area (Å²) in [4.78, 5) is 16.6.